The quantitative estimate of drug-likeness (QED) is 0.600. The first-order valence-corrected chi connectivity index (χ1v) is 5.94. The van der Waals surface area contributed by atoms with Gasteiger partial charge in [-0.1, -0.05) is 24.3 Å². The van der Waals surface area contributed by atoms with Gasteiger partial charge >= 0.3 is 0 Å². The normalized spacial score (nSPS) is 10.0. The molecule has 2 rings (SSSR count). The molecule has 2 aromatic rings. The smallest absolute Gasteiger partial charge is 0.203 e. The van der Waals surface area contributed by atoms with Gasteiger partial charge in [0.2, 0.25) is 5.95 Å². The number of nitrogens with one attached hydrogen (secondary N) is 1. The van der Waals surface area contributed by atoms with Crippen LogP contribution < -0.4 is 10.1 Å². The van der Waals surface area contributed by atoms with Gasteiger partial charge in [-0.3, -0.25) is 0 Å². The van der Waals surface area contributed by atoms with Crippen molar-refractivity contribution < 1.29 is 4.74 Å². The molecule has 1 aromatic heterocycles. The van der Waals surface area contributed by atoms with Gasteiger partial charge in [0.1, 0.15) is 12.4 Å². The molecule has 4 heteroatoms. The van der Waals surface area contributed by atoms with Gasteiger partial charge < -0.3 is 14.6 Å². The van der Waals surface area contributed by atoms with Crippen molar-refractivity contribution in [3.63, 3.8) is 0 Å². The van der Waals surface area contributed by atoms with E-state index in [1.54, 1.807) is 6.20 Å². The third kappa shape index (κ3) is 3.38. The average molecular weight is 243 g/mol. The number of anilines is 1. The summed E-state index contributed by atoms with van der Waals surface area (Å²) in [5, 5.41) is 3.23. The molecule has 1 heterocycles. The summed E-state index contributed by atoms with van der Waals surface area (Å²) in [6.07, 6.45) is 5.53. The fourth-order valence-electron chi connectivity index (χ4n) is 1.61. The van der Waals surface area contributed by atoms with Crippen LogP contribution in [0.25, 0.3) is 0 Å². The second-order valence-electron chi connectivity index (χ2n) is 3.78. The maximum Gasteiger partial charge on any atom is 0.203 e. The zero-order valence-corrected chi connectivity index (χ0v) is 10.2. The third-order valence-electron chi connectivity index (χ3n) is 2.44. The van der Waals surface area contributed by atoms with Crippen molar-refractivity contribution in [3.05, 3.63) is 55.4 Å². The Morgan fingerprint density at radius 3 is 2.94 bits per heavy atom. The van der Waals surface area contributed by atoms with Gasteiger partial charge in [0.15, 0.2) is 0 Å². The predicted molar refractivity (Wildman–Crippen MR) is 72.9 cm³/mol. The number of aromatic nitrogens is 2. The molecule has 0 radical (unpaired) electrons. The number of nitrogens with zero attached hydrogens (tertiary/aromatic N) is 2. The molecule has 18 heavy (non-hydrogen) atoms. The van der Waals surface area contributed by atoms with Crippen LogP contribution in [0.2, 0.25) is 0 Å². The van der Waals surface area contributed by atoms with Crippen LogP contribution in [-0.2, 0) is 6.54 Å². The molecule has 0 unspecified atom stereocenters. The minimum absolute atomic E-state index is 0.602. The Hall–Kier alpha value is -2.23. The molecule has 0 saturated carbocycles. The first-order valence-electron chi connectivity index (χ1n) is 5.94. The third-order valence-corrected chi connectivity index (χ3v) is 2.44. The van der Waals surface area contributed by atoms with Gasteiger partial charge in [-0.15, -0.1) is 6.58 Å². The van der Waals surface area contributed by atoms with E-state index in [1.165, 1.54) is 0 Å². The van der Waals surface area contributed by atoms with Crippen LogP contribution >= 0.6 is 0 Å². The van der Waals surface area contributed by atoms with Crippen molar-refractivity contribution in [1.29, 1.82) is 0 Å². The second-order valence-corrected chi connectivity index (χ2v) is 3.78. The molecule has 0 aliphatic heterocycles. The SMILES string of the molecule is C=CCn1ccnc1NCCOc1ccccc1. The molecule has 94 valence electrons. The lowest BCUT2D eigenvalue weighted by Crippen LogP contribution is -2.14. The molecule has 0 amide bonds. The van der Waals surface area contributed by atoms with E-state index >= 15 is 0 Å². The summed E-state index contributed by atoms with van der Waals surface area (Å²) in [6, 6.07) is 9.77. The molecule has 1 N–H and O–H groups in total. The monoisotopic (exact) mass is 243 g/mol. The first-order chi connectivity index (χ1) is 8.90. The summed E-state index contributed by atoms with van der Waals surface area (Å²) in [6.45, 7) is 5.78. The van der Waals surface area contributed by atoms with E-state index in [0.29, 0.717) is 13.2 Å². The largest absolute Gasteiger partial charge is 0.492 e. The maximum absolute atomic E-state index is 5.58. The van der Waals surface area contributed by atoms with E-state index in [-0.39, 0.29) is 0 Å². The molecule has 1 aromatic carbocycles. The Kier molecular flexibility index (Phi) is 4.41. The minimum atomic E-state index is 0.602. The van der Waals surface area contributed by atoms with Gasteiger partial charge in [-0.05, 0) is 12.1 Å². The average Bonchev–Trinajstić information content (AvgIpc) is 2.84. The van der Waals surface area contributed by atoms with Crippen molar-refractivity contribution >= 4 is 5.95 Å². The predicted octanol–water partition coefficient (Wildman–Crippen LogP) is 2.56. The number of hydrogen-bond acceptors (Lipinski definition) is 3. The Balaban J connectivity index is 1.75. The van der Waals surface area contributed by atoms with Gasteiger partial charge in [0.05, 0.1) is 6.54 Å². The highest BCUT2D eigenvalue weighted by Crippen LogP contribution is 2.08. The molecule has 0 aliphatic rings. The summed E-state index contributed by atoms with van der Waals surface area (Å²) in [5.74, 6) is 1.72. The Labute approximate surface area is 107 Å². The fraction of sp³-hybridized carbons (Fsp3) is 0.214. The van der Waals surface area contributed by atoms with E-state index in [2.05, 4.69) is 16.9 Å². The summed E-state index contributed by atoms with van der Waals surface area (Å²) in [7, 11) is 0. The second kappa shape index (κ2) is 6.49. The lowest BCUT2D eigenvalue weighted by atomic mass is 10.3. The fourth-order valence-corrected chi connectivity index (χ4v) is 1.61. The lowest BCUT2D eigenvalue weighted by Gasteiger charge is -2.09. The van der Waals surface area contributed by atoms with Crippen LogP contribution in [0.15, 0.2) is 55.4 Å². The van der Waals surface area contributed by atoms with Gasteiger partial charge in [0, 0.05) is 18.9 Å². The number of benzene rings is 1. The van der Waals surface area contributed by atoms with Crippen LogP contribution in [0.1, 0.15) is 0 Å². The summed E-state index contributed by atoms with van der Waals surface area (Å²) in [5.41, 5.74) is 0. The van der Waals surface area contributed by atoms with E-state index in [9.17, 15) is 0 Å². The number of para-hydroxylation sites is 1. The molecule has 0 aliphatic carbocycles. The topological polar surface area (TPSA) is 39.1 Å². The molecule has 0 saturated heterocycles. The molecule has 0 spiro atoms. The zero-order valence-electron chi connectivity index (χ0n) is 10.2. The number of imidazole rings is 1. The van der Waals surface area contributed by atoms with E-state index in [1.807, 2.05) is 47.2 Å². The lowest BCUT2D eigenvalue weighted by molar-refractivity contribution is 0.332. The van der Waals surface area contributed by atoms with Crippen molar-refractivity contribution in [2.24, 2.45) is 0 Å². The molecule has 0 atom stereocenters. The summed E-state index contributed by atoms with van der Waals surface area (Å²) < 4.78 is 7.58. The molecule has 4 nitrogen and oxygen atoms in total. The van der Waals surface area contributed by atoms with Crippen molar-refractivity contribution in [2.45, 2.75) is 6.54 Å². The number of rotatable bonds is 7. The van der Waals surface area contributed by atoms with Crippen LogP contribution in [0.4, 0.5) is 5.95 Å². The minimum Gasteiger partial charge on any atom is -0.492 e. The van der Waals surface area contributed by atoms with Crippen molar-refractivity contribution in [2.75, 3.05) is 18.5 Å². The van der Waals surface area contributed by atoms with Crippen LogP contribution in [0.5, 0.6) is 5.75 Å². The van der Waals surface area contributed by atoms with Gasteiger partial charge in [-0.25, -0.2) is 4.98 Å². The summed E-state index contributed by atoms with van der Waals surface area (Å²) in [4.78, 5) is 4.23. The molecular formula is C14H17N3O. The molecular weight excluding hydrogens is 226 g/mol. The van der Waals surface area contributed by atoms with Crippen molar-refractivity contribution in [3.8, 4) is 5.75 Å². The highest BCUT2D eigenvalue weighted by atomic mass is 16.5. The Morgan fingerprint density at radius 1 is 1.33 bits per heavy atom. The maximum atomic E-state index is 5.58. The van der Waals surface area contributed by atoms with Crippen LogP contribution in [-0.4, -0.2) is 22.7 Å². The Morgan fingerprint density at radius 2 is 2.17 bits per heavy atom. The van der Waals surface area contributed by atoms with E-state index in [4.69, 9.17) is 4.74 Å². The standard InChI is InChI=1S/C14H17N3O/c1-2-10-17-11-8-15-14(17)16-9-12-18-13-6-4-3-5-7-13/h2-8,11H,1,9-10,12H2,(H,15,16). The number of hydrogen-bond donors (Lipinski definition) is 1. The van der Waals surface area contributed by atoms with E-state index in [0.717, 1.165) is 18.2 Å². The zero-order chi connectivity index (χ0) is 12.6. The van der Waals surface area contributed by atoms with Gasteiger partial charge in [-0.2, -0.15) is 0 Å². The number of ether oxygens (including phenoxy) is 1. The highest BCUT2D eigenvalue weighted by molar-refractivity contribution is 5.26. The Bertz CT molecular complexity index is 479. The van der Waals surface area contributed by atoms with Crippen molar-refractivity contribution in [1.82, 2.24) is 9.55 Å². The van der Waals surface area contributed by atoms with E-state index < -0.39 is 0 Å². The van der Waals surface area contributed by atoms with Crippen LogP contribution in [0, 0.1) is 0 Å². The molecule has 0 fully saturated rings. The summed E-state index contributed by atoms with van der Waals surface area (Å²) >= 11 is 0. The number of allylic oxidation sites excluding steroid dienone is 1. The molecule has 0 bridgehead atoms. The van der Waals surface area contributed by atoms with Gasteiger partial charge in [0.25, 0.3) is 0 Å². The first kappa shape index (κ1) is 12.2. The van der Waals surface area contributed by atoms with Crippen LogP contribution in [0.3, 0.4) is 0 Å². The highest BCUT2D eigenvalue weighted by Gasteiger charge is 1.99.